The lowest BCUT2D eigenvalue weighted by Gasteiger charge is -2.23. The Morgan fingerprint density at radius 1 is 1.03 bits per heavy atom. The first kappa shape index (κ1) is 18.7. The Morgan fingerprint density at radius 2 is 1.93 bits per heavy atom. The van der Waals surface area contributed by atoms with Crippen LogP contribution in [0.1, 0.15) is 11.3 Å². The number of hydrogen-bond acceptors (Lipinski definition) is 5. The highest BCUT2D eigenvalue weighted by Gasteiger charge is 2.15. The Hall–Kier alpha value is -3.60. The minimum absolute atomic E-state index is 0.705. The Labute approximate surface area is 171 Å². The van der Waals surface area contributed by atoms with E-state index in [1.807, 2.05) is 68.6 Å². The van der Waals surface area contributed by atoms with Gasteiger partial charge in [-0.15, -0.1) is 0 Å². The van der Waals surface area contributed by atoms with Gasteiger partial charge in [-0.25, -0.2) is 4.98 Å². The second-order valence-corrected chi connectivity index (χ2v) is 6.83. The normalized spacial score (nSPS) is 13.2. The van der Waals surface area contributed by atoms with Crippen molar-refractivity contribution in [1.29, 1.82) is 0 Å². The predicted molar refractivity (Wildman–Crippen MR) is 115 cm³/mol. The molecule has 146 valence electrons. The van der Waals surface area contributed by atoms with Gasteiger partial charge in [0.15, 0.2) is 5.75 Å². The molecule has 1 aliphatic heterocycles. The average molecular weight is 385 g/mol. The second-order valence-electron chi connectivity index (χ2n) is 6.83. The van der Waals surface area contributed by atoms with Gasteiger partial charge in [0.1, 0.15) is 17.2 Å². The molecule has 1 aliphatic rings. The van der Waals surface area contributed by atoms with Crippen LogP contribution in [0.15, 0.2) is 78.8 Å². The molecular formula is C24H23N3O2. The Kier molecular flexibility index (Phi) is 5.29. The molecule has 0 amide bonds. The number of aryl methyl sites for hydroxylation is 2. The fourth-order valence-electron chi connectivity index (χ4n) is 3.11. The molecule has 2 aromatic heterocycles. The molecule has 0 saturated heterocycles. The molecule has 5 heteroatoms. The van der Waals surface area contributed by atoms with E-state index in [0.29, 0.717) is 12.3 Å². The summed E-state index contributed by atoms with van der Waals surface area (Å²) in [7, 11) is 1.67. The first-order valence-electron chi connectivity index (χ1n) is 9.50. The highest BCUT2D eigenvalue weighted by atomic mass is 16.5. The van der Waals surface area contributed by atoms with Crippen molar-refractivity contribution < 1.29 is 9.47 Å². The van der Waals surface area contributed by atoms with Crippen LogP contribution < -0.4 is 14.4 Å². The summed E-state index contributed by atoms with van der Waals surface area (Å²) in [6, 6.07) is 15.8. The number of anilines is 1. The van der Waals surface area contributed by atoms with Crippen LogP contribution in [0.25, 0.3) is 11.4 Å². The quantitative estimate of drug-likeness (QED) is 0.614. The van der Waals surface area contributed by atoms with Gasteiger partial charge in [0, 0.05) is 36.4 Å². The van der Waals surface area contributed by atoms with Crippen LogP contribution in [-0.4, -0.2) is 23.6 Å². The van der Waals surface area contributed by atoms with Crippen molar-refractivity contribution >= 4 is 5.69 Å². The lowest BCUT2D eigenvalue weighted by atomic mass is 10.1. The Morgan fingerprint density at radius 3 is 2.66 bits per heavy atom. The molecule has 0 radical (unpaired) electrons. The number of nitrogens with zero attached hydrogens (tertiary/aromatic N) is 3. The van der Waals surface area contributed by atoms with Gasteiger partial charge in [0.2, 0.25) is 0 Å². The molecule has 1 aromatic carbocycles. The lowest BCUT2D eigenvalue weighted by molar-refractivity contribution is 0.415. The van der Waals surface area contributed by atoms with Gasteiger partial charge in [0.25, 0.3) is 0 Å². The van der Waals surface area contributed by atoms with Gasteiger partial charge in [-0.3, -0.25) is 4.98 Å². The summed E-state index contributed by atoms with van der Waals surface area (Å²) in [5.41, 5.74) is 4.66. The van der Waals surface area contributed by atoms with Crippen molar-refractivity contribution in [1.82, 2.24) is 9.97 Å². The number of benzene rings is 1. The average Bonchev–Trinajstić information content (AvgIpc) is 2.77. The number of pyridine rings is 2. The van der Waals surface area contributed by atoms with Crippen LogP contribution in [0.3, 0.4) is 0 Å². The molecule has 0 unspecified atom stereocenters. The second kappa shape index (κ2) is 8.19. The van der Waals surface area contributed by atoms with Gasteiger partial charge in [0.05, 0.1) is 12.8 Å². The van der Waals surface area contributed by atoms with Gasteiger partial charge in [-0.05, 0) is 61.9 Å². The van der Waals surface area contributed by atoms with E-state index >= 15 is 0 Å². The monoisotopic (exact) mass is 385 g/mol. The molecule has 29 heavy (non-hydrogen) atoms. The van der Waals surface area contributed by atoms with Gasteiger partial charge >= 0.3 is 0 Å². The summed E-state index contributed by atoms with van der Waals surface area (Å²) in [5.74, 6) is 2.33. The lowest BCUT2D eigenvalue weighted by Crippen LogP contribution is -2.20. The first-order chi connectivity index (χ1) is 14.1. The van der Waals surface area contributed by atoms with Gasteiger partial charge in [-0.2, -0.15) is 0 Å². The summed E-state index contributed by atoms with van der Waals surface area (Å²) >= 11 is 0. The molecule has 0 atom stereocenters. The standard InChI is InChI=1S/C24H23N3O2/c1-17-15-23(24(26-18(17)2)22-9-4-5-12-25-22)29-20-10-13-27(14-11-20)19-7-6-8-21(16-19)28-3/h4-13,15-16H,14H2,1-3H3. The smallest absolute Gasteiger partial charge is 0.155 e. The van der Waals surface area contributed by atoms with Crippen molar-refractivity contribution in [3.63, 3.8) is 0 Å². The molecule has 5 nitrogen and oxygen atoms in total. The molecule has 0 fully saturated rings. The molecule has 0 bridgehead atoms. The summed E-state index contributed by atoms with van der Waals surface area (Å²) in [6.45, 7) is 4.74. The highest BCUT2D eigenvalue weighted by molar-refractivity contribution is 5.64. The maximum Gasteiger partial charge on any atom is 0.155 e. The Bertz CT molecular complexity index is 1070. The van der Waals surface area contributed by atoms with Crippen molar-refractivity contribution in [3.8, 4) is 22.9 Å². The molecule has 0 saturated carbocycles. The first-order valence-corrected chi connectivity index (χ1v) is 9.50. The van der Waals surface area contributed by atoms with E-state index in [-0.39, 0.29) is 0 Å². The fraction of sp³-hybridized carbons (Fsp3) is 0.167. The van der Waals surface area contributed by atoms with Crippen molar-refractivity contribution in [2.24, 2.45) is 0 Å². The fourth-order valence-corrected chi connectivity index (χ4v) is 3.11. The maximum atomic E-state index is 6.23. The topological polar surface area (TPSA) is 47.5 Å². The SMILES string of the molecule is COc1cccc(N2C=CC(Oc3cc(C)c(C)nc3-c3ccccn3)=CC2)c1. The largest absolute Gasteiger partial charge is 0.497 e. The number of hydrogen-bond donors (Lipinski definition) is 0. The zero-order valence-corrected chi connectivity index (χ0v) is 16.8. The summed E-state index contributed by atoms with van der Waals surface area (Å²) in [5, 5.41) is 0. The highest BCUT2D eigenvalue weighted by Crippen LogP contribution is 2.31. The number of rotatable bonds is 5. The maximum absolute atomic E-state index is 6.23. The molecule has 3 aromatic rings. The van der Waals surface area contributed by atoms with E-state index in [2.05, 4.69) is 22.0 Å². The summed E-state index contributed by atoms with van der Waals surface area (Å²) in [6.07, 6.45) is 7.79. The van der Waals surface area contributed by atoms with Crippen LogP contribution in [0.5, 0.6) is 11.5 Å². The van der Waals surface area contributed by atoms with Crippen LogP contribution in [0.2, 0.25) is 0 Å². The minimum atomic E-state index is 0.705. The molecule has 0 N–H and O–H groups in total. The zero-order chi connectivity index (χ0) is 20.2. The van der Waals surface area contributed by atoms with Crippen LogP contribution in [-0.2, 0) is 0 Å². The number of allylic oxidation sites excluding steroid dienone is 1. The van der Waals surface area contributed by atoms with E-state index < -0.39 is 0 Å². The van der Waals surface area contributed by atoms with Crippen LogP contribution in [0.4, 0.5) is 5.69 Å². The third kappa shape index (κ3) is 4.14. The van der Waals surface area contributed by atoms with E-state index in [1.165, 1.54) is 0 Å². The van der Waals surface area contributed by atoms with Crippen LogP contribution in [0, 0.1) is 13.8 Å². The zero-order valence-electron chi connectivity index (χ0n) is 16.8. The molecule has 0 spiro atoms. The minimum Gasteiger partial charge on any atom is -0.497 e. The van der Waals surface area contributed by atoms with Crippen LogP contribution >= 0.6 is 0 Å². The van der Waals surface area contributed by atoms with E-state index in [9.17, 15) is 0 Å². The van der Waals surface area contributed by atoms with Crippen molar-refractivity contribution in [3.05, 3.63) is 90.1 Å². The molecule has 4 rings (SSSR count). The van der Waals surface area contributed by atoms with E-state index in [4.69, 9.17) is 14.5 Å². The molecule has 0 aliphatic carbocycles. The Balaban J connectivity index is 1.57. The van der Waals surface area contributed by atoms with Gasteiger partial charge in [-0.1, -0.05) is 12.1 Å². The summed E-state index contributed by atoms with van der Waals surface area (Å²) < 4.78 is 11.5. The van der Waals surface area contributed by atoms with Gasteiger partial charge < -0.3 is 14.4 Å². The number of methoxy groups -OCH3 is 1. The van der Waals surface area contributed by atoms with E-state index in [0.717, 1.165) is 39.8 Å². The number of aromatic nitrogens is 2. The molecular weight excluding hydrogens is 362 g/mol. The third-order valence-corrected chi connectivity index (χ3v) is 4.86. The predicted octanol–water partition coefficient (Wildman–Crippen LogP) is 5.07. The third-order valence-electron chi connectivity index (χ3n) is 4.86. The molecule has 3 heterocycles. The summed E-state index contributed by atoms with van der Waals surface area (Å²) in [4.78, 5) is 11.3. The van der Waals surface area contributed by atoms with E-state index in [1.54, 1.807) is 13.3 Å². The van der Waals surface area contributed by atoms with Crippen molar-refractivity contribution in [2.45, 2.75) is 13.8 Å². The van der Waals surface area contributed by atoms with Crippen molar-refractivity contribution in [2.75, 3.05) is 18.6 Å². The number of ether oxygens (including phenoxy) is 2.